The molecular weight excluding hydrogens is 308 g/mol. The fourth-order valence-corrected chi connectivity index (χ4v) is 3.92. The lowest BCUT2D eigenvalue weighted by Crippen LogP contribution is -2.54. The van der Waals surface area contributed by atoms with Gasteiger partial charge in [-0.15, -0.1) is 0 Å². The van der Waals surface area contributed by atoms with E-state index in [1.807, 2.05) is 18.2 Å². The molecule has 0 aliphatic carbocycles. The van der Waals surface area contributed by atoms with E-state index in [2.05, 4.69) is 17.0 Å². The van der Waals surface area contributed by atoms with E-state index >= 15 is 0 Å². The number of benzene rings is 1. The third-order valence-corrected chi connectivity index (χ3v) is 5.17. The van der Waals surface area contributed by atoms with E-state index in [0.29, 0.717) is 13.1 Å². The highest BCUT2D eigenvalue weighted by atomic mass is 16.5. The Morgan fingerprint density at radius 2 is 1.58 bits per heavy atom. The second-order valence-electron chi connectivity index (χ2n) is 6.47. The van der Waals surface area contributed by atoms with Gasteiger partial charge < -0.3 is 24.4 Å². The smallest absolute Gasteiger partial charge is 0.229 e. The minimum absolute atomic E-state index is 0.131. The number of hydrogen-bond acceptors (Lipinski definition) is 5. The fourth-order valence-electron chi connectivity index (χ4n) is 3.92. The van der Waals surface area contributed by atoms with Crippen molar-refractivity contribution in [3.63, 3.8) is 0 Å². The minimum Gasteiger partial charge on any atom is -0.550 e. The molecule has 6 heteroatoms. The second kappa shape index (κ2) is 5.94. The Bertz CT molecular complexity index is 667. The van der Waals surface area contributed by atoms with Crippen LogP contribution in [0.3, 0.4) is 0 Å². The number of carboxylic acids is 1. The highest BCUT2D eigenvalue weighted by molar-refractivity contribution is 5.87. The van der Waals surface area contributed by atoms with Crippen molar-refractivity contribution in [2.45, 2.75) is 12.2 Å². The number of amides is 1. The molecule has 6 nitrogen and oxygen atoms in total. The molecule has 1 aromatic carbocycles. The number of carboxylic acid groups (broad SMARTS) is 1. The summed E-state index contributed by atoms with van der Waals surface area (Å²) in [4.78, 5) is 28.3. The van der Waals surface area contributed by atoms with Crippen molar-refractivity contribution in [2.24, 2.45) is 11.8 Å². The highest BCUT2D eigenvalue weighted by Crippen LogP contribution is 2.40. The van der Waals surface area contributed by atoms with Gasteiger partial charge in [0.15, 0.2) is 0 Å². The van der Waals surface area contributed by atoms with Crippen LogP contribution in [-0.4, -0.2) is 55.2 Å². The number of carbonyl (C=O) groups is 2. The average Bonchev–Trinajstić information content (AvgIpc) is 3.23. The molecule has 126 valence electrons. The topological polar surface area (TPSA) is 72.9 Å². The van der Waals surface area contributed by atoms with Gasteiger partial charge in [0.1, 0.15) is 0 Å². The van der Waals surface area contributed by atoms with E-state index < -0.39 is 30.0 Å². The number of hydrogen-bond donors (Lipinski definition) is 0. The first-order chi connectivity index (χ1) is 11.6. The van der Waals surface area contributed by atoms with Crippen molar-refractivity contribution in [3.8, 4) is 0 Å². The summed E-state index contributed by atoms with van der Waals surface area (Å²) >= 11 is 0. The summed E-state index contributed by atoms with van der Waals surface area (Å²) in [6, 6.07) is 10.1. The molecule has 1 amide bonds. The molecule has 4 rings (SSSR count). The molecule has 3 heterocycles. The van der Waals surface area contributed by atoms with E-state index in [1.165, 1.54) is 0 Å². The highest BCUT2D eigenvalue weighted by Gasteiger charge is 2.51. The van der Waals surface area contributed by atoms with Crippen molar-refractivity contribution >= 4 is 17.6 Å². The number of fused-ring (bicyclic) bond motifs is 2. The Labute approximate surface area is 140 Å². The number of rotatable bonds is 3. The zero-order chi connectivity index (χ0) is 16.7. The molecule has 24 heavy (non-hydrogen) atoms. The molecule has 4 atom stereocenters. The van der Waals surface area contributed by atoms with E-state index in [4.69, 9.17) is 4.74 Å². The normalized spacial score (nSPS) is 31.5. The van der Waals surface area contributed by atoms with Gasteiger partial charge in [0, 0.05) is 43.8 Å². The average molecular weight is 327 g/mol. The lowest BCUT2D eigenvalue weighted by atomic mass is 9.82. The molecule has 0 spiro atoms. The monoisotopic (exact) mass is 327 g/mol. The predicted molar refractivity (Wildman–Crippen MR) is 85.0 cm³/mol. The largest absolute Gasteiger partial charge is 0.550 e. The molecule has 0 radical (unpaired) electrons. The number of para-hydroxylation sites is 1. The molecule has 3 aliphatic rings. The maximum Gasteiger partial charge on any atom is 0.229 e. The predicted octanol–water partition coefficient (Wildman–Crippen LogP) is -0.345. The fraction of sp³-hybridized carbons (Fsp3) is 0.444. The van der Waals surface area contributed by atoms with Crippen LogP contribution in [0.25, 0.3) is 0 Å². The lowest BCUT2D eigenvalue weighted by Gasteiger charge is -2.38. The third kappa shape index (κ3) is 2.47. The quantitative estimate of drug-likeness (QED) is 0.710. The summed E-state index contributed by atoms with van der Waals surface area (Å²) in [5, 5.41) is 11.4. The van der Waals surface area contributed by atoms with Crippen LogP contribution in [0.2, 0.25) is 0 Å². The van der Waals surface area contributed by atoms with Crippen LogP contribution in [0.5, 0.6) is 0 Å². The molecule has 0 unspecified atom stereocenters. The number of carbonyl (C=O) groups excluding carboxylic acids is 2. The number of aliphatic carboxylic acids is 1. The van der Waals surface area contributed by atoms with Gasteiger partial charge in [-0.3, -0.25) is 4.79 Å². The van der Waals surface area contributed by atoms with Gasteiger partial charge in [-0.1, -0.05) is 30.4 Å². The molecule has 2 bridgehead atoms. The van der Waals surface area contributed by atoms with Crippen molar-refractivity contribution in [1.29, 1.82) is 0 Å². The second-order valence-corrected chi connectivity index (χ2v) is 6.47. The summed E-state index contributed by atoms with van der Waals surface area (Å²) in [7, 11) is 0. The molecule has 0 aromatic heterocycles. The van der Waals surface area contributed by atoms with Crippen LogP contribution in [0.1, 0.15) is 0 Å². The molecule has 2 fully saturated rings. The van der Waals surface area contributed by atoms with Gasteiger partial charge in [-0.05, 0) is 12.1 Å². The zero-order valence-corrected chi connectivity index (χ0v) is 13.2. The van der Waals surface area contributed by atoms with Crippen LogP contribution < -0.4 is 10.0 Å². The summed E-state index contributed by atoms with van der Waals surface area (Å²) in [6.45, 7) is 2.66. The SMILES string of the molecule is O=C([O-])[C@@H]1[C@@H](C(=O)N2CCN(c3ccccc3)CC2)[C@H]2C=C[C@@H]1O2. The number of piperazine rings is 1. The Morgan fingerprint density at radius 1 is 0.958 bits per heavy atom. The van der Waals surface area contributed by atoms with E-state index in [-0.39, 0.29) is 5.91 Å². The summed E-state index contributed by atoms with van der Waals surface area (Å²) in [6.07, 6.45) is 2.56. The lowest BCUT2D eigenvalue weighted by molar-refractivity contribution is -0.313. The molecule has 2 saturated heterocycles. The van der Waals surface area contributed by atoms with Gasteiger partial charge >= 0.3 is 0 Å². The van der Waals surface area contributed by atoms with Gasteiger partial charge in [0.05, 0.1) is 18.1 Å². The third-order valence-electron chi connectivity index (χ3n) is 5.17. The van der Waals surface area contributed by atoms with Crippen LogP contribution >= 0.6 is 0 Å². The molecule has 0 N–H and O–H groups in total. The Kier molecular flexibility index (Phi) is 3.76. The van der Waals surface area contributed by atoms with Crippen LogP contribution in [0, 0.1) is 11.8 Å². The summed E-state index contributed by atoms with van der Waals surface area (Å²) < 4.78 is 5.57. The molecule has 3 aliphatic heterocycles. The zero-order valence-electron chi connectivity index (χ0n) is 13.2. The van der Waals surface area contributed by atoms with Crippen LogP contribution in [0.15, 0.2) is 42.5 Å². The Hall–Kier alpha value is -2.34. The van der Waals surface area contributed by atoms with E-state index in [9.17, 15) is 14.7 Å². The van der Waals surface area contributed by atoms with Gasteiger partial charge in [-0.2, -0.15) is 0 Å². The maximum atomic E-state index is 12.9. The number of anilines is 1. The minimum atomic E-state index is -1.20. The maximum absolute atomic E-state index is 12.9. The number of ether oxygens (including phenoxy) is 1. The molecule has 0 saturated carbocycles. The summed E-state index contributed by atoms with van der Waals surface area (Å²) in [5.41, 5.74) is 1.14. The Balaban J connectivity index is 1.43. The van der Waals surface area contributed by atoms with Crippen molar-refractivity contribution in [2.75, 3.05) is 31.1 Å². The first-order valence-corrected chi connectivity index (χ1v) is 8.28. The van der Waals surface area contributed by atoms with E-state index in [1.54, 1.807) is 17.1 Å². The van der Waals surface area contributed by atoms with Crippen molar-refractivity contribution in [3.05, 3.63) is 42.5 Å². The first-order valence-electron chi connectivity index (χ1n) is 8.28. The van der Waals surface area contributed by atoms with Gasteiger partial charge in [0.25, 0.3) is 0 Å². The molecular formula is C18H19N2O4-. The number of nitrogens with zero attached hydrogens (tertiary/aromatic N) is 2. The van der Waals surface area contributed by atoms with Gasteiger partial charge in [0.2, 0.25) is 5.91 Å². The Morgan fingerprint density at radius 3 is 2.21 bits per heavy atom. The van der Waals surface area contributed by atoms with Crippen LogP contribution in [-0.2, 0) is 14.3 Å². The molecule has 1 aromatic rings. The van der Waals surface area contributed by atoms with Crippen LogP contribution in [0.4, 0.5) is 5.69 Å². The van der Waals surface area contributed by atoms with E-state index in [0.717, 1.165) is 18.8 Å². The standard InChI is InChI=1S/C18H20N2O4/c21-17(15-13-6-7-14(24-13)16(15)18(22)23)20-10-8-19(9-11-20)12-4-2-1-3-5-12/h1-7,13-16H,8-11H2,(H,22,23)/p-1/t13-,14+,15+,16+/m1/s1. The first kappa shape index (κ1) is 15.2. The van der Waals surface area contributed by atoms with Crippen molar-refractivity contribution in [1.82, 2.24) is 4.90 Å². The summed E-state index contributed by atoms with van der Waals surface area (Å²) in [5.74, 6) is -2.87. The van der Waals surface area contributed by atoms with Crippen molar-refractivity contribution < 1.29 is 19.4 Å². The van der Waals surface area contributed by atoms with Gasteiger partial charge in [-0.25, -0.2) is 0 Å².